The van der Waals surface area contributed by atoms with E-state index in [4.69, 9.17) is 5.73 Å². The first kappa shape index (κ1) is 10.5. The molecule has 1 aliphatic heterocycles. The quantitative estimate of drug-likeness (QED) is 0.629. The van der Waals surface area contributed by atoms with Gasteiger partial charge < -0.3 is 5.73 Å². The fourth-order valence-corrected chi connectivity index (χ4v) is 2.50. The summed E-state index contributed by atoms with van der Waals surface area (Å²) in [6.45, 7) is 2.46. The van der Waals surface area contributed by atoms with E-state index < -0.39 is 15.9 Å². The molecule has 1 fully saturated rings. The predicted octanol–water partition coefficient (Wildman–Crippen LogP) is -1.00. The topological polar surface area (TPSA) is 80.5 Å². The van der Waals surface area contributed by atoms with E-state index in [2.05, 4.69) is 0 Å². The Morgan fingerprint density at radius 1 is 1.46 bits per heavy atom. The molecule has 2 N–H and O–H groups in total. The molecule has 0 spiro atoms. The van der Waals surface area contributed by atoms with Crippen molar-refractivity contribution < 1.29 is 13.2 Å². The van der Waals surface area contributed by atoms with Crippen molar-refractivity contribution >= 4 is 15.9 Å². The third-order valence-corrected chi connectivity index (χ3v) is 3.65. The predicted molar refractivity (Wildman–Crippen MR) is 48.3 cm³/mol. The van der Waals surface area contributed by atoms with E-state index in [0.29, 0.717) is 6.54 Å². The molecule has 1 rings (SSSR count). The second-order valence-corrected chi connectivity index (χ2v) is 5.55. The highest BCUT2D eigenvalue weighted by atomic mass is 32.2. The number of primary amides is 1. The monoisotopic (exact) mass is 206 g/mol. The average Bonchev–Trinajstić information content (AvgIpc) is 2.29. The summed E-state index contributed by atoms with van der Waals surface area (Å²) in [5.41, 5.74) is 5.13. The van der Waals surface area contributed by atoms with Crippen molar-refractivity contribution in [2.45, 2.75) is 6.92 Å². The summed E-state index contributed by atoms with van der Waals surface area (Å²) in [7, 11) is -3.18. The third kappa shape index (κ3) is 2.19. The van der Waals surface area contributed by atoms with Crippen LogP contribution in [0.4, 0.5) is 0 Å². The first-order chi connectivity index (χ1) is 5.82. The molecular weight excluding hydrogens is 192 g/mol. The second kappa shape index (κ2) is 3.26. The largest absolute Gasteiger partial charge is 0.369 e. The van der Waals surface area contributed by atoms with E-state index in [1.165, 1.54) is 4.31 Å². The summed E-state index contributed by atoms with van der Waals surface area (Å²) >= 11 is 0. The first-order valence-electron chi connectivity index (χ1n) is 4.07. The number of amides is 1. The summed E-state index contributed by atoms with van der Waals surface area (Å²) in [6, 6.07) is 0. The van der Waals surface area contributed by atoms with Gasteiger partial charge in [-0.2, -0.15) is 0 Å². The molecule has 0 aliphatic carbocycles. The van der Waals surface area contributed by atoms with Gasteiger partial charge in [-0.25, -0.2) is 12.7 Å². The molecule has 1 aliphatic rings. The lowest BCUT2D eigenvalue weighted by atomic mass is 9.98. The summed E-state index contributed by atoms with van der Waals surface area (Å²) in [4.78, 5) is 10.9. The van der Waals surface area contributed by atoms with Crippen LogP contribution in [0.3, 0.4) is 0 Å². The standard InChI is InChI=1S/C7H14N2O3S/c1-5-3-9(13(2,11)12)4-6(5)7(8)10/h5-6H,3-4H2,1-2H3,(H2,8,10). The Morgan fingerprint density at radius 2 is 2.00 bits per heavy atom. The maximum absolute atomic E-state index is 11.1. The molecule has 1 amide bonds. The Morgan fingerprint density at radius 3 is 2.23 bits per heavy atom. The molecule has 13 heavy (non-hydrogen) atoms. The fourth-order valence-electron chi connectivity index (χ4n) is 1.56. The van der Waals surface area contributed by atoms with Crippen LogP contribution < -0.4 is 5.73 Å². The smallest absolute Gasteiger partial charge is 0.222 e. The maximum Gasteiger partial charge on any atom is 0.222 e. The van der Waals surface area contributed by atoms with Crippen LogP contribution in [0, 0.1) is 11.8 Å². The second-order valence-electron chi connectivity index (χ2n) is 3.57. The minimum absolute atomic E-state index is 0.0206. The fraction of sp³-hybridized carbons (Fsp3) is 0.857. The summed E-state index contributed by atoms with van der Waals surface area (Å²) in [5, 5.41) is 0. The van der Waals surface area contributed by atoms with Gasteiger partial charge in [0, 0.05) is 13.1 Å². The van der Waals surface area contributed by atoms with E-state index in [1.54, 1.807) is 0 Å². The van der Waals surface area contributed by atoms with Gasteiger partial charge in [0.2, 0.25) is 15.9 Å². The lowest BCUT2D eigenvalue weighted by molar-refractivity contribution is -0.122. The van der Waals surface area contributed by atoms with Crippen LogP contribution in [0.15, 0.2) is 0 Å². The molecule has 0 aromatic carbocycles. The van der Waals surface area contributed by atoms with Crippen molar-refractivity contribution in [3.8, 4) is 0 Å². The highest BCUT2D eigenvalue weighted by molar-refractivity contribution is 7.88. The van der Waals surface area contributed by atoms with Gasteiger partial charge in [0.05, 0.1) is 12.2 Å². The van der Waals surface area contributed by atoms with Crippen molar-refractivity contribution in [2.75, 3.05) is 19.3 Å². The van der Waals surface area contributed by atoms with Crippen LogP contribution in [0.25, 0.3) is 0 Å². The van der Waals surface area contributed by atoms with Gasteiger partial charge in [0.1, 0.15) is 0 Å². The van der Waals surface area contributed by atoms with Crippen LogP contribution in [0.2, 0.25) is 0 Å². The molecule has 2 unspecified atom stereocenters. The Labute approximate surface area is 77.9 Å². The molecule has 76 valence electrons. The summed E-state index contributed by atoms with van der Waals surface area (Å²) in [5.74, 6) is -0.736. The molecule has 0 saturated carbocycles. The Kier molecular flexibility index (Phi) is 2.63. The number of nitrogens with zero attached hydrogens (tertiary/aromatic N) is 1. The molecule has 2 atom stereocenters. The van der Waals surface area contributed by atoms with Gasteiger partial charge in [-0.05, 0) is 5.92 Å². The van der Waals surface area contributed by atoms with E-state index >= 15 is 0 Å². The minimum atomic E-state index is -3.18. The summed E-state index contributed by atoms with van der Waals surface area (Å²) < 4.78 is 23.5. The number of hydrogen-bond donors (Lipinski definition) is 1. The zero-order chi connectivity index (χ0) is 10.2. The zero-order valence-corrected chi connectivity index (χ0v) is 8.54. The minimum Gasteiger partial charge on any atom is -0.369 e. The molecule has 0 bridgehead atoms. The number of rotatable bonds is 2. The number of carbonyl (C=O) groups excluding carboxylic acids is 1. The van der Waals surface area contributed by atoms with Gasteiger partial charge in [-0.3, -0.25) is 4.79 Å². The van der Waals surface area contributed by atoms with Crippen LogP contribution in [0.1, 0.15) is 6.92 Å². The summed E-state index contributed by atoms with van der Waals surface area (Å²) in [6.07, 6.45) is 1.14. The molecule has 6 heteroatoms. The van der Waals surface area contributed by atoms with Crippen LogP contribution in [-0.2, 0) is 14.8 Å². The van der Waals surface area contributed by atoms with E-state index in [-0.39, 0.29) is 18.4 Å². The Hall–Kier alpha value is -0.620. The van der Waals surface area contributed by atoms with Crippen molar-refractivity contribution in [2.24, 2.45) is 17.6 Å². The molecule has 1 heterocycles. The lowest BCUT2D eigenvalue weighted by Gasteiger charge is -2.11. The van der Waals surface area contributed by atoms with Crippen LogP contribution >= 0.6 is 0 Å². The van der Waals surface area contributed by atoms with E-state index in [1.807, 2.05) is 6.92 Å². The van der Waals surface area contributed by atoms with E-state index in [9.17, 15) is 13.2 Å². The molecule has 5 nitrogen and oxygen atoms in total. The van der Waals surface area contributed by atoms with E-state index in [0.717, 1.165) is 6.26 Å². The third-order valence-electron chi connectivity index (χ3n) is 2.41. The van der Waals surface area contributed by atoms with Gasteiger partial charge in [0.25, 0.3) is 0 Å². The van der Waals surface area contributed by atoms with Crippen molar-refractivity contribution in [3.05, 3.63) is 0 Å². The zero-order valence-electron chi connectivity index (χ0n) is 7.73. The maximum atomic E-state index is 11.1. The Balaban J connectivity index is 2.77. The molecule has 0 radical (unpaired) electrons. The lowest BCUT2D eigenvalue weighted by Crippen LogP contribution is -2.31. The number of sulfonamides is 1. The normalized spacial score (nSPS) is 30.6. The highest BCUT2D eigenvalue weighted by Crippen LogP contribution is 2.24. The SMILES string of the molecule is CC1CN(S(C)(=O)=O)CC1C(N)=O. The number of nitrogens with two attached hydrogens (primary N) is 1. The molecule has 1 saturated heterocycles. The van der Waals surface area contributed by atoms with Crippen molar-refractivity contribution in [3.63, 3.8) is 0 Å². The van der Waals surface area contributed by atoms with Gasteiger partial charge in [-0.1, -0.05) is 6.92 Å². The molecule has 0 aromatic heterocycles. The highest BCUT2D eigenvalue weighted by Gasteiger charge is 2.37. The molecular formula is C7H14N2O3S. The average molecular weight is 206 g/mol. The number of hydrogen-bond acceptors (Lipinski definition) is 3. The van der Waals surface area contributed by atoms with Gasteiger partial charge in [-0.15, -0.1) is 0 Å². The first-order valence-corrected chi connectivity index (χ1v) is 5.91. The van der Waals surface area contributed by atoms with Crippen LogP contribution in [0.5, 0.6) is 0 Å². The number of carbonyl (C=O) groups is 1. The van der Waals surface area contributed by atoms with Crippen molar-refractivity contribution in [1.29, 1.82) is 0 Å². The van der Waals surface area contributed by atoms with Crippen molar-refractivity contribution in [1.82, 2.24) is 4.31 Å². The Bertz CT molecular complexity index is 312. The van der Waals surface area contributed by atoms with Crippen LogP contribution in [-0.4, -0.2) is 38.0 Å². The molecule has 0 aromatic rings. The van der Waals surface area contributed by atoms with Gasteiger partial charge >= 0.3 is 0 Å². The van der Waals surface area contributed by atoms with Gasteiger partial charge in [0.15, 0.2) is 0 Å².